The molecule has 0 spiro atoms. The van der Waals surface area contributed by atoms with Crippen LogP contribution >= 0.6 is 0 Å². The van der Waals surface area contributed by atoms with Crippen LogP contribution in [-0.2, 0) is 86.0 Å². The largest absolute Gasteiger partial charge is 0.480 e. The molecule has 3 aliphatic rings. The van der Waals surface area contributed by atoms with Gasteiger partial charge in [-0.3, -0.25) is 62.3 Å². The zero-order valence-electron chi connectivity index (χ0n) is 50.0. The highest BCUT2D eigenvalue weighted by molar-refractivity contribution is 5.96. The number of carbonyl (C=O) groups is 13. The number of primary amides is 1. The zero-order chi connectivity index (χ0) is 66.6. The Hall–Kier alpha value is -7.33. The molecule has 0 radical (unpaired) electrons. The molecule has 2 bridgehead atoms. The van der Waals surface area contributed by atoms with E-state index < -0.39 is 231 Å². The van der Waals surface area contributed by atoms with Crippen molar-refractivity contribution in [3.8, 4) is 0 Å². The number of aliphatic hydroxyl groups is 5. The molecular formula is C51H85N13O24. The first-order valence-electron chi connectivity index (χ1n) is 28.1. The van der Waals surface area contributed by atoms with Gasteiger partial charge in [0.25, 0.3) is 0 Å². The number of carbonyl (C=O) groups excluding carboxylic acids is 12. The van der Waals surface area contributed by atoms with E-state index in [2.05, 4.69) is 58.5 Å². The highest BCUT2D eigenvalue weighted by Crippen LogP contribution is 2.35. The highest BCUT2D eigenvalue weighted by atomic mass is 16.8. The fourth-order valence-electron chi connectivity index (χ4n) is 8.88. The number of hydrogen-bond acceptors (Lipinski definition) is 24. The number of aliphatic carboxylic acids is 1. The van der Waals surface area contributed by atoms with Crippen LogP contribution in [0.1, 0.15) is 88.0 Å². The number of amides is 12. The van der Waals surface area contributed by atoms with E-state index in [-0.39, 0.29) is 26.0 Å². The molecule has 88 heavy (non-hydrogen) atoms. The van der Waals surface area contributed by atoms with Crippen molar-refractivity contribution in [3.63, 3.8) is 0 Å². The van der Waals surface area contributed by atoms with Crippen molar-refractivity contribution in [2.45, 2.75) is 216 Å². The van der Waals surface area contributed by atoms with Gasteiger partial charge in [0.15, 0.2) is 12.6 Å². The van der Waals surface area contributed by atoms with Gasteiger partial charge < -0.3 is 124 Å². The van der Waals surface area contributed by atoms with Crippen molar-refractivity contribution in [2.24, 2.45) is 11.5 Å². The molecule has 3 saturated heterocycles. The van der Waals surface area contributed by atoms with Crippen LogP contribution in [0.25, 0.3) is 0 Å². The molecule has 21 atom stereocenters. The number of fused-ring (bicyclic) bond motifs is 2. The minimum absolute atomic E-state index is 0.118. The molecule has 3 fully saturated rings. The van der Waals surface area contributed by atoms with Gasteiger partial charge in [0.1, 0.15) is 103 Å². The summed E-state index contributed by atoms with van der Waals surface area (Å²) in [7, 11) is 0. The van der Waals surface area contributed by atoms with E-state index in [0.29, 0.717) is 0 Å². The molecular weight excluding hydrogens is 1180 g/mol. The molecule has 0 aromatic carbocycles. The van der Waals surface area contributed by atoms with Crippen LogP contribution in [0.4, 0.5) is 0 Å². The fraction of sp³-hybridized carbons (Fsp3) is 0.745. The summed E-state index contributed by atoms with van der Waals surface area (Å²) in [6, 6.07) is -15.4. The molecule has 0 aliphatic carbocycles. The van der Waals surface area contributed by atoms with Gasteiger partial charge in [-0.25, -0.2) is 0 Å². The van der Waals surface area contributed by atoms with E-state index in [1.165, 1.54) is 55.4 Å². The van der Waals surface area contributed by atoms with Crippen molar-refractivity contribution in [1.29, 1.82) is 0 Å². The number of aliphatic hydroxyl groups excluding tert-OH is 5. The summed E-state index contributed by atoms with van der Waals surface area (Å²) in [6.07, 6.45) is -15.5. The van der Waals surface area contributed by atoms with Gasteiger partial charge >= 0.3 is 5.97 Å². The second kappa shape index (κ2) is 35.0. The van der Waals surface area contributed by atoms with Crippen LogP contribution in [0.5, 0.6) is 0 Å². The van der Waals surface area contributed by atoms with Crippen molar-refractivity contribution in [2.75, 3.05) is 26.4 Å². The first-order valence-corrected chi connectivity index (χ1v) is 28.1. The molecule has 3 heterocycles. The molecule has 0 aromatic heterocycles. The third-order valence-electron chi connectivity index (χ3n) is 13.9. The molecule has 12 amide bonds. The standard InChI is InChI=1S/C51H85N13O24/c1-18(52)41(74)64-33(23(6)67)48(81)57-21(4)44(77)63-29(15-65)46(79)54-14-10-11-28(47(80)56-19(2)42(75)58-22(5)49(82)83)61-32(70)13-12-27(40(53)73)62-43(76)20(3)55-45(78)24(7)85-39-35(60-26(9)69)50-84-17-31(87-50)38(39)88-51-34(59-25(8)68)37(72)36(71)30(16-66)86-51/h18-24,27-31,33-39,50-51,65-67,71-72H,10-17,52H2,1-9H3,(H2,53,73)(H,54,79)(H,55,78)(H,56,80)(H,57,81)(H,58,75)(H,59,68)(H,60,69)(H,61,70)(H,62,76)(H,63,77)(H,64,74)(H,82,83). The summed E-state index contributed by atoms with van der Waals surface area (Å²) in [5.41, 5.74) is 11.1. The Bertz CT molecular complexity index is 2500. The molecule has 0 saturated carbocycles. The summed E-state index contributed by atoms with van der Waals surface area (Å²) in [5.74, 6) is -12.2. The molecule has 37 nitrogen and oxygen atoms in total. The number of carboxylic acids is 1. The van der Waals surface area contributed by atoms with Crippen LogP contribution in [0.15, 0.2) is 0 Å². The maximum Gasteiger partial charge on any atom is 0.325 e. The Morgan fingerprint density at radius 2 is 1.15 bits per heavy atom. The number of carboxylic acid groups (broad SMARTS) is 1. The first kappa shape index (κ1) is 74.9. The number of hydrogen-bond donors (Lipinski definition) is 19. The summed E-state index contributed by atoms with van der Waals surface area (Å²) in [6.45, 7) is 8.80. The lowest BCUT2D eigenvalue weighted by Crippen LogP contribution is -2.68. The van der Waals surface area contributed by atoms with Crippen LogP contribution in [0.3, 0.4) is 0 Å². The monoisotopic (exact) mass is 1260 g/mol. The van der Waals surface area contributed by atoms with Gasteiger partial charge in [0.05, 0.1) is 32.0 Å². The predicted octanol–water partition coefficient (Wildman–Crippen LogP) is -10.7. The molecule has 498 valence electrons. The van der Waals surface area contributed by atoms with E-state index in [1.54, 1.807) is 0 Å². The highest BCUT2D eigenvalue weighted by Gasteiger charge is 2.56. The van der Waals surface area contributed by atoms with Crippen molar-refractivity contribution in [3.05, 3.63) is 0 Å². The second-order valence-electron chi connectivity index (χ2n) is 21.5. The Balaban J connectivity index is 1.69. The van der Waals surface area contributed by atoms with Crippen LogP contribution < -0.4 is 70.0 Å². The summed E-state index contributed by atoms with van der Waals surface area (Å²) in [5, 5.41) is 86.5. The molecule has 21 unspecified atom stereocenters. The molecule has 37 heteroatoms. The van der Waals surface area contributed by atoms with Crippen LogP contribution in [0, 0.1) is 0 Å². The summed E-state index contributed by atoms with van der Waals surface area (Å²) in [4.78, 5) is 166. The Kier molecular flexibility index (Phi) is 29.8. The predicted molar refractivity (Wildman–Crippen MR) is 296 cm³/mol. The van der Waals surface area contributed by atoms with Gasteiger partial charge in [-0.15, -0.1) is 0 Å². The number of nitrogens with one attached hydrogen (secondary N) is 11. The van der Waals surface area contributed by atoms with E-state index in [0.717, 1.165) is 6.92 Å². The third kappa shape index (κ3) is 22.4. The number of ether oxygens (including phenoxy) is 5. The molecule has 3 aliphatic heterocycles. The Morgan fingerprint density at radius 1 is 0.602 bits per heavy atom. The maximum atomic E-state index is 13.7. The average Bonchev–Trinajstić information content (AvgIpc) is 2.68. The molecule has 3 rings (SSSR count). The van der Waals surface area contributed by atoms with Crippen molar-refractivity contribution in [1.82, 2.24) is 58.5 Å². The fourth-order valence-corrected chi connectivity index (χ4v) is 8.88. The lowest BCUT2D eigenvalue weighted by Gasteiger charge is -2.47. The van der Waals surface area contributed by atoms with E-state index in [1.807, 2.05) is 0 Å². The molecule has 0 aromatic rings. The summed E-state index contributed by atoms with van der Waals surface area (Å²) < 4.78 is 29.8. The van der Waals surface area contributed by atoms with Gasteiger partial charge in [0, 0.05) is 26.8 Å². The summed E-state index contributed by atoms with van der Waals surface area (Å²) >= 11 is 0. The quantitative estimate of drug-likeness (QED) is 0.0266. The SMILES string of the molecule is CC(=O)NC1C(OC2C3COC(O3)C(NC(C)=O)C2OC(C)C(=O)NC(C)C(=O)NC(CCC(=O)NC(CCCNC(=O)C(CO)NC(=O)C(C)NC(=O)C(NC(=O)C(C)N)C(C)O)C(=O)NC(C)C(=O)NC(C)C(=O)O)C(N)=O)OC(CO)C(O)C1O. The minimum atomic E-state index is -1.72. The lowest BCUT2D eigenvalue weighted by atomic mass is 9.95. The molecule has 21 N–H and O–H groups in total. The first-order chi connectivity index (χ1) is 41.1. The van der Waals surface area contributed by atoms with E-state index in [9.17, 15) is 93.0 Å². The van der Waals surface area contributed by atoms with Gasteiger partial charge in [0.2, 0.25) is 70.9 Å². The van der Waals surface area contributed by atoms with E-state index in [4.69, 9.17) is 35.2 Å². The van der Waals surface area contributed by atoms with Gasteiger partial charge in [-0.1, -0.05) is 0 Å². The maximum absolute atomic E-state index is 13.7. The normalized spacial score (nSPS) is 25.9. The van der Waals surface area contributed by atoms with Crippen molar-refractivity contribution < 1.29 is 117 Å². The Labute approximate surface area is 504 Å². The average molecular weight is 1260 g/mol. The van der Waals surface area contributed by atoms with Gasteiger partial charge in [-0.2, -0.15) is 0 Å². The second-order valence-corrected chi connectivity index (χ2v) is 21.5. The number of nitrogens with two attached hydrogens (primary N) is 2. The lowest BCUT2D eigenvalue weighted by molar-refractivity contribution is -0.313. The number of rotatable bonds is 34. The van der Waals surface area contributed by atoms with Gasteiger partial charge in [-0.05, 0) is 67.7 Å². The van der Waals surface area contributed by atoms with Crippen LogP contribution in [-0.4, -0.2) is 262 Å². The smallest absolute Gasteiger partial charge is 0.325 e. The van der Waals surface area contributed by atoms with E-state index >= 15 is 0 Å². The van der Waals surface area contributed by atoms with Crippen LogP contribution in [0.2, 0.25) is 0 Å². The minimum Gasteiger partial charge on any atom is -0.480 e. The Morgan fingerprint density at radius 3 is 1.68 bits per heavy atom. The third-order valence-corrected chi connectivity index (χ3v) is 13.9. The zero-order valence-corrected chi connectivity index (χ0v) is 50.0. The van der Waals surface area contributed by atoms with Crippen molar-refractivity contribution >= 4 is 76.9 Å². The topological polar surface area (TPSA) is 574 Å².